The number of urea groups is 1. The van der Waals surface area contributed by atoms with E-state index in [-0.39, 0.29) is 17.7 Å². The van der Waals surface area contributed by atoms with Gasteiger partial charge in [-0.05, 0) is 72.2 Å². The fourth-order valence-corrected chi connectivity index (χ4v) is 6.29. The molecule has 1 saturated heterocycles. The number of hydrogen-bond acceptors (Lipinski definition) is 5. The van der Waals surface area contributed by atoms with Gasteiger partial charge in [0.25, 0.3) is 0 Å². The van der Waals surface area contributed by atoms with Crippen LogP contribution in [0.15, 0.2) is 78.0 Å². The fraction of sp³-hybridized carbons (Fsp3) is 0.333. The maximum Gasteiger partial charge on any atom is 0.573 e. The molecule has 5 rings (SSSR count). The van der Waals surface area contributed by atoms with Gasteiger partial charge in [-0.15, -0.1) is 18.3 Å². The molecule has 2 heterocycles. The number of ether oxygens (including phenoxy) is 1. The molecule has 2 amide bonds. The van der Waals surface area contributed by atoms with E-state index in [1.807, 2.05) is 24.3 Å². The number of carbonyl (C=O) groups is 1. The van der Waals surface area contributed by atoms with Gasteiger partial charge in [-0.2, -0.15) is 4.99 Å². The van der Waals surface area contributed by atoms with Crippen molar-refractivity contribution in [2.45, 2.75) is 46.4 Å². The Morgan fingerprint density at radius 3 is 2.49 bits per heavy atom. The largest absolute Gasteiger partial charge is 0.573 e. The Hall–Kier alpha value is -4.32. The van der Waals surface area contributed by atoms with Crippen LogP contribution < -0.4 is 15.0 Å². The molecule has 0 spiro atoms. The van der Waals surface area contributed by atoms with Gasteiger partial charge in [-0.1, -0.05) is 68.9 Å². The topological polar surface area (TPSA) is 84.6 Å². The third kappa shape index (κ3) is 8.24. The minimum atomic E-state index is -4.74. The summed E-state index contributed by atoms with van der Waals surface area (Å²) < 4.78 is 42.7. The van der Waals surface area contributed by atoms with Crippen molar-refractivity contribution in [1.82, 2.24) is 20.1 Å². The Morgan fingerprint density at radius 1 is 1.07 bits per heavy atom. The molecule has 1 fully saturated rings. The van der Waals surface area contributed by atoms with Gasteiger partial charge in [0.2, 0.25) is 0 Å². The summed E-state index contributed by atoms with van der Waals surface area (Å²) in [5.41, 5.74) is 6.10. The summed E-state index contributed by atoms with van der Waals surface area (Å²) in [6.45, 7) is 9.87. The molecule has 1 aromatic heterocycles. The number of nitrogens with one attached hydrogen (secondary N) is 1. The molecule has 0 bridgehead atoms. The number of carbonyl (C=O) groups excluding carboxylic acids is 1. The van der Waals surface area contributed by atoms with Crippen molar-refractivity contribution in [2.24, 2.45) is 10.9 Å². The first-order chi connectivity index (χ1) is 21.5. The van der Waals surface area contributed by atoms with E-state index >= 15 is 0 Å². The highest BCUT2D eigenvalue weighted by molar-refractivity contribution is 8.14. The van der Waals surface area contributed by atoms with E-state index in [1.165, 1.54) is 46.4 Å². The highest BCUT2D eigenvalue weighted by atomic mass is 32.2. The van der Waals surface area contributed by atoms with Gasteiger partial charge in [0.15, 0.2) is 11.0 Å². The van der Waals surface area contributed by atoms with Crippen LogP contribution in [0.25, 0.3) is 17.1 Å². The van der Waals surface area contributed by atoms with Crippen molar-refractivity contribution < 1.29 is 22.7 Å². The summed E-state index contributed by atoms with van der Waals surface area (Å²) in [4.78, 5) is 23.7. The lowest BCUT2D eigenvalue weighted by Gasteiger charge is -2.24. The van der Waals surface area contributed by atoms with Gasteiger partial charge >= 0.3 is 12.4 Å². The number of rotatable bonds is 9. The van der Waals surface area contributed by atoms with E-state index < -0.39 is 6.36 Å². The molecule has 4 aromatic rings. The molecule has 236 valence electrons. The summed E-state index contributed by atoms with van der Waals surface area (Å²) >= 11 is 1.60. The minimum Gasteiger partial charge on any atom is -0.406 e. The van der Waals surface area contributed by atoms with Crippen molar-refractivity contribution >= 4 is 28.6 Å². The number of halogens is 3. The lowest BCUT2D eigenvalue weighted by atomic mass is 9.95. The molecular formula is C33H35F3N6O2S. The van der Waals surface area contributed by atoms with E-state index in [0.717, 1.165) is 40.7 Å². The predicted octanol–water partition coefficient (Wildman–Crippen LogP) is 7.76. The second-order valence-corrected chi connectivity index (χ2v) is 12.4. The number of aromatic nitrogens is 3. The lowest BCUT2D eigenvalue weighted by molar-refractivity contribution is -0.274. The van der Waals surface area contributed by atoms with Crippen LogP contribution in [0.3, 0.4) is 0 Å². The van der Waals surface area contributed by atoms with Gasteiger partial charge in [0.05, 0.1) is 5.69 Å². The molecule has 8 nitrogen and oxygen atoms in total. The van der Waals surface area contributed by atoms with E-state index in [0.29, 0.717) is 24.0 Å². The third-order valence-electron chi connectivity index (χ3n) is 7.37. The molecule has 0 aliphatic carbocycles. The summed E-state index contributed by atoms with van der Waals surface area (Å²) in [5.74, 6) is 1.61. The van der Waals surface area contributed by atoms with Crippen molar-refractivity contribution in [3.05, 3.63) is 89.7 Å². The summed E-state index contributed by atoms with van der Waals surface area (Å²) in [6, 6.07) is 19.2. The number of aliphatic imine (C=N–C) groups is 1. The molecule has 1 N–H and O–H groups in total. The highest BCUT2D eigenvalue weighted by Gasteiger charge is 2.31. The Kier molecular flexibility index (Phi) is 9.81. The molecule has 1 atom stereocenters. The van der Waals surface area contributed by atoms with Crippen LogP contribution in [-0.4, -0.2) is 51.2 Å². The smallest absolute Gasteiger partial charge is 0.406 e. The van der Waals surface area contributed by atoms with Gasteiger partial charge < -0.3 is 15.0 Å². The lowest BCUT2D eigenvalue weighted by Crippen LogP contribution is -2.30. The van der Waals surface area contributed by atoms with Crippen LogP contribution in [0.5, 0.6) is 5.75 Å². The molecule has 12 heteroatoms. The second-order valence-electron chi connectivity index (χ2n) is 11.3. The van der Waals surface area contributed by atoms with Gasteiger partial charge in [-0.25, -0.2) is 14.5 Å². The number of benzene rings is 3. The Labute approximate surface area is 264 Å². The Balaban J connectivity index is 1.14. The summed E-state index contributed by atoms with van der Waals surface area (Å²) in [5, 5.41) is 8.15. The van der Waals surface area contributed by atoms with Crippen molar-refractivity contribution in [3.63, 3.8) is 0 Å². The van der Waals surface area contributed by atoms with Gasteiger partial charge in [0.1, 0.15) is 12.1 Å². The number of aryl methyl sites for hydroxylation is 1. The maximum absolute atomic E-state index is 12.8. The van der Waals surface area contributed by atoms with Crippen LogP contribution in [-0.2, 0) is 6.42 Å². The number of hydrogen-bond donors (Lipinski definition) is 1. The van der Waals surface area contributed by atoms with Crippen molar-refractivity contribution in [2.75, 3.05) is 23.7 Å². The SMILES string of the molecule is Cc1cccc(N2CCSC2=NC(=O)NCC(C)Cc2ccc(-c3ncn(-c4ccc(OC(F)(F)F)cc4)n3)cc2)c1C(C)C. The first-order valence-electron chi connectivity index (χ1n) is 14.7. The number of thioether (sulfide) groups is 1. The Bertz CT molecular complexity index is 1650. The molecule has 3 aromatic carbocycles. The van der Waals surface area contributed by atoms with E-state index in [2.05, 4.69) is 75.9 Å². The van der Waals surface area contributed by atoms with E-state index in [4.69, 9.17) is 0 Å². The monoisotopic (exact) mass is 636 g/mol. The third-order valence-corrected chi connectivity index (χ3v) is 8.32. The van der Waals surface area contributed by atoms with Crippen molar-refractivity contribution in [3.8, 4) is 22.8 Å². The zero-order valence-electron chi connectivity index (χ0n) is 25.5. The molecular weight excluding hydrogens is 601 g/mol. The number of amidine groups is 1. The van der Waals surface area contributed by atoms with Gasteiger partial charge in [-0.3, -0.25) is 0 Å². The van der Waals surface area contributed by atoms with Crippen LogP contribution in [0.1, 0.15) is 43.4 Å². The van der Waals surface area contributed by atoms with Crippen LogP contribution in [0.4, 0.5) is 23.7 Å². The molecule has 1 aliphatic heterocycles. The quantitative estimate of drug-likeness (QED) is 0.202. The summed E-state index contributed by atoms with van der Waals surface area (Å²) in [6.07, 6.45) is -2.48. The molecule has 45 heavy (non-hydrogen) atoms. The maximum atomic E-state index is 12.8. The molecule has 1 aliphatic rings. The summed E-state index contributed by atoms with van der Waals surface area (Å²) in [7, 11) is 0. The van der Waals surface area contributed by atoms with Crippen LogP contribution in [0, 0.1) is 12.8 Å². The van der Waals surface area contributed by atoms with E-state index in [9.17, 15) is 18.0 Å². The molecule has 0 radical (unpaired) electrons. The average molecular weight is 637 g/mol. The molecule has 0 saturated carbocycles. The normalized spacial score (nSPS) is 15.1. The first kappa shape index (κ1) is 32.1. The standard InChI is InChI=1S/C33H35F3N6O2S/c1-21(2)29-23(4)6-5-7-28(29)41-16-17-45-32(41)39-31(43)37-19-22(3)18-24-8-10-25(11-9-24)30-38-20-42(40-30)26-12-14-27(15-13-26)44-33(34,35)36/h5-15,20-22H,16-19H2,1-4H3,(H,37,43). The zero-order chi connectivity index (χ0) is 32.1. The minimum absolute atomic E-state index is 0.179. The first-order valence-corrected chi connectivity index (χ1v) is 15.7. The predicted molar refractivity (Wildman–Crippen MR) is 172 cm³/mol. The van der Waals surface area contributed by atoms with Gasteiger partial charge in [0, 0.05) is 30.1 Å². The second kappa shape index (κ2) is 13.8. The van der Waals surface area contributed by atoms with Crippen molar-refractivity contribution in [1.29, 1.82) is 0 Å². The zero-order valence-corrected chi connectivity index (χ0v) is 26.3. The highest BCUT2D eigenvalue weighted by Crippen LogP contribution is 2.34. The number of nitrogens with zero attached hydrogens (tertiary/aromatic N) is 5. The fourth-order valence-electron chi connectivity index (χ4n) is 5.34. The average Bonchev–Trinajstić information content (AvgIpc) is 3.66. The number of anilines is 1. The number of amides is 2. The van der Waals surface area contributed by atoms with E-state index in [1.54, 1.807) is 11.8 Å². The van der Waals surface area contributed by atoms with Crippen LogP contribution >= 0.6 is 11.8 Å². The Morgan fingerprint density at radius 2 is 1.80 bits per heavy atom. The molecule has 1 unspecified atom stereocenters. The number of alkyl halides is 3. The van der Waals surface area contributed by atoms with Crippen LogP contribution in [0.2, 0.25) is 0 Å².